The second-order valence-corrected chi connectivity index (χ2v) is 4.86. The van der Waals surface area contributed by atoms with Gasteiger partial charge in [0.05, 0.1) is 17.1 Å². The van der Waals surface area contributed by atoms with Gasteiger partial charge in [-0.25, -0.2) is 9.78 Å². The second-order valence-electron chi connectivity index (χ2n) is 3.91. The maximum absolute atomic E-state index is 11.7. The molecule has 0 saturated heterocycles. The number of nitrogens with zero attached hydrogens (tertiary/aromatic N) is 1. The lowest BCUT2D eigenvalue weighted by Crippen LogP contribution is -2.32. The number of thiophene rings is 1. The Morgan fingerprint density at radius 1 is 1.24 bits per heavy atom. The number of hydrogen-bond acceptors (Lipinski definition) is 5. The third-order valence-corrected chi connectivity index (χ3v) is 3.31. The number of aromatic nitrogens is 1. The predicted octanol–water partition coefficient (Wildman–Crippen LogP) is 1.21. The minimum Gasteiger partial charge on any atom is -0.476 e. The van der Waals surface area contributed by atoms with Crippen molar-refractivity contribution in [2.24, 2.45) is 0 Å². The molecule has 0 saturated carbocycles. The van der Waals surface area contributed by atoms with Gasteiger partial charge >= 0.3 is 5.97 Å². The van der Waals surface area contributed by atoms with Crippen molar-refractivity contribution in [1.82, 2.24) is 10.3 Å². The molecule has 21 heavy (non-hydrogen) atoms. The van der Waals surface area contributed by atoms with Gasteiger partial charge in [0.15, 0.2) is 5.69 Å². The molecule has 2 aromatic rings. The first-order valence-corrected chi connectivity index (χ1v) is 6.76. The van der Waals surface area contributed by atoms with Crippen molar-refractivity contribution in [3.05, 3.63) is 46.4 Å². The lowest BCUT2D eigenvalue weighted by molar-refractivity contribution is -0.115. The number of hydrogen-bond donors (Lipinski definition) is 3. The average molecular weight is 305 g/mol. The van der Waals surface area contributed by atoms with Crippen LogP contribution in [0.25, 0.3) is 0 Å². The van der Waals surface area contributed by atoms with E-state index in [0.717, 1.165) is 0 Å². The van der Waals surface area contributed by atoms with Gasteiger partial charge in [-0.15, -0.1) is 11.3 Å². The fourth-order valence-electron chi connectivity index (χ4n) is 1.53. The van der Waals surface area contributed by atoms with E-state index in [-0.39, 0.29) is 23.8 Å². The van der Waals surface area contributed by atoms with Crippen LogP contribution in [0.3, 0.4) is 0 Å². The zero-order valence-corrected chi connectivity index (χ0v) is 11.5. The number of pyridine rings is 1. The molecule has 0 spiro atoms. The third-order valence-electron chi connectivity index (χ3n) is 2.44. The highest BCUT2D eigenvalue weighted by molar-refractivity contribution is 7.12. The molecule has 0 atom stereocenters. The first-order chi connectivity index (χ1) is 10.1. The summed E-state index contributed by atoms with van der Waals surface area (Å²) >= 11 is 1.26. The largest absolute Gasteiger partial charge is 0.476 e. The van der Waals surface area contributed by atoms with Crippen molar-refractivity contribution < 1.29 is 19.5 Å². The molecule has 0 bridgehead atoms. The van der Waals surface area contributed by atoms with Crippen molar-refractivity contribution in [1.29, 1.82) is 0 Å². The number of carbonyl (C=O) groups is 3. The van der Waals surface area contributed by atoms with Crippen LogP contribution in [-0.4, -0.2) is 34.4 Å². The summed E-state index contributed by atoms with van der Waals surface area (Å²) < 4.78 is 0. The topological polar surface area (TPSA) is 108 Å². The quantitative estimate of drug-likeness (QED) is 0.769. The number of rotatable bonds is 5. The Morgan fingerprint density at radius 2 is 2.05 bits per heavy atom. The molecule has 0 aromatic carbocycles. The van der Waals surface area contributed by atoms with E-state index in [0.29, 0.717) is 4.88 Å². The first-order valence-electron chi connectivity index (χ1n) is 5.88. The molecule has 7 nitrogen and oxygen atoms in total. The normalized spacial score (nSPS) is 9.90. The third kappa shape index (κ3) is 3.86. The molecule has 108 valence electrons. The van der Waals surface area contributed by atoms with Gasteiger partial charge in [-0.3, -0.25) is 9.59 Å². The lowest BCUT2D eigenvalue weighted by atomic mass is 10.3. The first kappa shape index (κ1) is 14.7. The van der Waals surface area contributed by atoms with Crippen molar-refractivity contribution in [3.8, 4) is 0 Å². The average Bonchev–Trinajstić information content (AvgIpc) is 2.99. The molecule has 0 radical (unpaired) electrons. The van der Waals surface area contributed by atoms with Crippen molar-refractivity contribution >= 4 is 34.8 Å². The van der Waals surface area contributed by atoms with E-state index in [2.05, 4.69) is 15.6 Å². The molecule has 2 heterocycles. The predicted molar refractivity (Wildman–Crippen MR) is 76.5 cm³/mol. The summed E-state index contributed by atoms with van der Waals surface area (Å²) in [4.78, 5) is 38.5. The second kappa shape index (κ2) is 6.62. The molecular weight excluding hydrogens is 294 g/mol. The van der Waals surface area contributed by atoms with Crippen molar-refractivity contribution in [2.45, 2.75) is 0 Å². The van der Waals surface area contributed by atoms with Crippen LogP contribution in [0.5, 0.6) is 0 Å². The van der Waals surface area contributed by atoms with E-state index in [1.54, 1.807) is 17.5 Å². The molecule has 2 aromatic heterocycles. The summed E-state index contributed by atoms with van der Waals surface area (Å²) in [6, 6.07) is 6.30. The SMILES string of the molecule is O=C(CNC(=O)c1cccs1)Nc1cccnc1C(=O)O. The number of nitrogens with one attached hydrogen (secondary N) is 2. The highest BCUT2D eigenvalue weighted by atomic mass is 32.1. The Morgan fingerprint density at radius 3 is 2.71 bits per heavy atom. The molecule has 2 rings (SSSR count). The van der Waals surface area contributed by atoms with Crippen molar-refractivity contribution in [3.63, 3.8) is 0 Å². The zero-order valence-electron chi connectivity index (χ0n) is 10.7. The summed E-state index contributed by atoms with van der Waals surface area (Å²) in [5.74, 6) is -2.13. The monoisotopic (exact) mass is 305 g/mol. The fourth-order valence-corrected chi connectivity index (χ4v) is 2.17. The van der Waals surface area contributed by atoms with Gasteiger partial charge < -0.3 is 15.7 Å². The molecule has 0 aliphatic rings. The molecular formula is C13H11N3O4S. The lowest BCUT2D eigenvalue weighted by Gasteiger charge is -2.08. The van der Waals surface area contributed by atoms with E-state index in [4.69, 9.17) is 5.11 Å². The van der Waals surface area contributed by atoms with Gasteiger partial charge in [-0.05, 0) is 23.6 Å². The minimum absolute atomic E-state index is 0.0837. The maximum atomic E-state index is 11.7. The van der Waals surface area contributed by atoms with Crippen LogP contribution in [0.4, 0.5) is 5.69 Å². The minimum atomic E-state index is -1.24. The van der Waals surface area contributed by atoms with Gasteiger partial charge in [-0.1, -0.05) is 6.07 Å². The van der Waals surface area contributed by atoms with E-state index < -0.39 is 11.9 Å². The zero-order chi connectivity index (χ0) is 15.2. The Bertz CT molecular complexity index is 670. The van der Waals surface area contributed by atoms with Crippen LogP contribution >= 0.6 is 11.3 Å². The van der Waals surface area contributed by atoms with E-state index in [9.17, 15) is 14.4 Å². The summed E-state index contributed by atoms with van der Waals surface area (Å²) in [6.07, 6.45) is 1.32. The summed E-state index contributed by atoms with van der Waals surface area (Å²) in [7, 11) is 0. The van der Waals surface area contributed by atoms with Crippen LogP contribution in [0, 0.1) is 0 Å². The number of carboxylic acid groups (broad SMARTS) is 1. The number of carboxylic acids is 1. The van der Waals surface area contributed by atoms with Crippen LogP contribution in [-0.2, 0) is 4.79 Å². The summed E-state index contributed by atoms with van der Waals surface area (Å²) in [5, 5.41) is 15.5. The number of carbonyl (C=O) groups excluding carboxylic acids is 2. The maximum Gasteiger partial charge on any atom is 0.356 e. The molecule has 0 fully saturated rings. The Labute approximate surface area is 123 Å². The van der Waals surface area contributed by atoms with E-state index in [1.165, 1.54) is 29.7 Å². The van der Waals surface area contributed by atoms with Crippen LogP contribution in [0.15, 0.2) is 35.8 Å². The van der Waals surface area contributed by atoms with E-state index >= 15 is 0 Å². The smallest absolute Gasteiger partial charge is 0.356 e. The molecule has 0 aliphatic heterocycles. The highest BCUT2D eigenvalue weighted by Crippen LogP contribution is 2.11. The molecule has 8 heteroatoms. The Kier molecular flexibility index (Phi) is 4.62. The van der Waals surface area contributed by atoms with Crippen LogP contribution in [0.2, 0.25) is 0 Å². The Balaban J connectivity index is 1.93. The van der Waals surface area contributed by atoms with E-state index in [1.807, 2.05) is 0 Å². The number of anilines is 1. The van der Waals surface area contributed by atoms with Crippen molar-refractivity contribution in [2.75, 3.05) is 11.9 Å². The molecule has 2 amide bonds. The Hall–Kier alpha value is -2.74. The fraction of sp³-hybridized carbons (Fsp3) is 0.0769. The van der Waals surface area contributed by atoms with Gasteiger partial charge in [0.25, 0.3) is 5.91 Å². The summed E-state index contributed by atoms with van der Waals surface area (Å²) in [6.45, 7) is -0.259. The summed E-state index contributed by atoms with van der Waals surface area (Å²) in [5.41, 5.74) is -0.171. The standard InChI is InChI=1S/C13H11N3O4S/c17-10(7-15-12(18)9-4-2-6-21-9)16-8-3-1-5-14-11(8)13(19)20/h1-6H,7H2,(H,15,18)(H,16,17)(H,19,20). The number of aromatic carboxylic acids is 1. The molecule has 0 unspecified atom stereocenters. The molecule has 3 N–H and O–H groups in total. The van der Waals surface area contributed by atoms with Gasteiger partial charge in [0.1, 0.15) is 0 Å². The van der Waals surface area contributed by atoms with Gasteiger partial charge in [0, 0.05) is 6.20 Å². The van der Waals surface area contributed by atoms with Crippen LogP contribution < -0.4 is 10.6 Å². The molecule has 0 aliphatic carbocycles. The van der Waals surface area contributed by atoms with Gasteiger partial charge in [0.2, 0.25) is 5.91 Å². The van der Waals surface area contributed by atoms with Crippen LogP contribution in [0.1, 0.15) is 20.2 Å². The highest BCUT2D eigenvalue weighted by Gasteiger charge is 2.14. The number of amides is 2. The van der Waals surface area contributed by atoms with Gasteiger partial charge in [-0.2, -0.15) is 0 Å².